The quantitative estimate of drug-likeness (QED) is 0.589. The van der Waals surface area contributed by atoms with Gasteiger partial charge in [-0.2, -0.15) is 0 Å². The molecule has 0 fully saturated rings. The lowest BCUT2D eigenvalue weighted by Gasteiger charge is -2.29. The molecular weight excluding hydrogens is 210 g/mol. The molecule has 0 radical (unpaired) electrons. The van der Waals surface area contributed by atoms with E-state index in [1.54, 1.807) is 0 Å². The molecule has 0 spiro atoms. The summed E-state index contributed by atoms with van der Waals surface area (Å²) in [5.74, 6) is 0. The largest absolute Gasteiger partial charge is 0.324 e. The fourth-order valence-electron chi connectivity index (χ4n) is 2.34. The third-order valence-electron chi connectivity index (χ3n) is 3.39. The van der Waals surface area contributed by atoms with Crippen molar-refractivity contribution in [2.45, 2.75) is 37.8 Å². The van der Waals surface area contributed by atoms with Crippen LogP contribution < -0.4 is 16.8 Å². The maximum absolute atomic E-state index is 6.29. The molecule has 0 aromatic rings. The van der Waals surface area contributed by atoms with Crippen LogP contribution in [0.3, 0.4) is 0 Å². The van der Waals surface area contributed by atoms with E-state index < -0.39 is 0 Å². The molecule has 17 heavy (non-hydrogen) atoms. The van der Waals surface area contributed by atoms with Crippen LogP contribution in [0.25, 0.3) is 0 Å². The Labute approximate surface area is 104 Å². The zero-order valence-electron chi connectivity index (χ0n) is 10.8. The second-order valence-electron chi connectivity index (χ2n) is 5.84. The second-order valence-corrected chi connectivity index (χ2v) is 5.84. The van der Waals surface area contributed by atoms with Gasteiger partial charge in [0.2, 0.25) is 0 Å². The van der Waals surface area contributed by atoms with Gasteiger partial charge >= 0.3 is 0 Å². The van der Waals surface area contributed by atoms with Gasteiger partial charge in [-0.25, -0.2) is 0 Å². The predicted molar refractivity (Wildman–Crippen MR) is 72.6 cm³/mol. The van der Waals surface area contributed by atoms with Crippen LogP contribution in [0.1, 0.15) is 26.7 Å². The molecule has 94 valence electrons. The van der Waals surface area contributed by atoms with Gasteiger partial charge in [-0.05, 0) is 44.4 Å². The molecule has 2 atom stereocenters. The van der Waals surface area contributed by atoms with Gasteiger partial charge in [0.05, 0.1) is 5.54 Å². The molecule has 2 aliphatic rings. The van der Waals surface area contributed by atoms with E-state index in [0.717, 1.165) is 25.9 Å². The molecule has 2 rings (SSSR count). The van der Waals surface area contributed by atoms with Crippen molar-refractivity contribution in [2.75, 3.05) is 13.1 Å². The van der Waals surface area contributed by atoms with Crippen molar-refractivity contribution in [2.24, 2.45) is 11.5 Å². The lowest BCUT2D eigenvalue weighted by atomic mass is 9.88. The smallest absolute Gasteiger partial charge is 0.0502 e. The summed E-state index contributed by atoms with van der Waals surface area (Å²) in [5.41, 5.74) is 14.6. The molecule has 0 aromatic heterocycles. The van der Waals surface area contributed by atoms with E-state index in [4.69, 9.17) is 11.5 Å². The van der Waals surface area contributed by atoms with Crippen molar-refractivity contribution in [3.05, 3.63) is 35.5 Å². The molecule has 5 N–H and O–H groups in total. The van der Waals surface area contributed by atoms with E-state index in [-0.39, 0.29) is 11.1 Å². The highest BCUT2D eigenvalue weighted by Gasteiger charge is 2.24. The predicted octanol–water partition coefficient (Wildman–Crippen LogP) is 1.23. The summed E-state index contributed by atoms with van der Waals surface area (Å²) in [6.45, 7) is 5.95. The molecule has 1 aliphatic carbocycles. The van der Waals surface area contributed by atoms with E-state index >= 15 is 0 Å². The first-order chi connectivity index (χ1) is 7.88. The number of hydrogen-bond donors (Lipinski definition) is 3. The molecule has 0 amide bonds. The van der Waals surface area contributed by atoms with Crippen LogP contribution in [0, 0.1) is 0 Å². The van der Waals surface area contributed by atoms with Crippen LogP contribution in [0.15, 0.2) is 35.5 Å². The minimum atomic E-state index is -0.348. The highest BCUT2D eigenvalue weighted by Crippen LogP contribution is 2.26. The third kappa shape index (κ3) is 3.28. The minimum absolute atomic E-state index is 0.186. The molecule has 3 nitrogen and oxygen atoms in total. The molecule has 1 aliphatic heterocycles. The number of allylic oxidation sites excluding steroid dienone is 2. The summed E-state index contributed by atoms with van der Waals surface area (Å²) in [6, 6.07) is 0. The average molecular weight is 233 g/mol. The van der Waals surface area contributed by atoms with E-state index in [9.17, 15) is 0 Å². The first kappa shape index (κ1) is 12.6. The zero-order chi connectivity index (χ0) is 12.5. The Hall–Kier alpha value is -0.900. The Bertz CT molecular complexity index is 386. The average Bonchev–Trinajstić information content (AvgIpc) is 2.32. The maximum atomic E-state index is 6.29. The molecule has 0 aromatic carbocycles. The number of nitrogens with one attached hydrogen (secondary N) is 1. The summed E-state index contributed by atoms with van der Waals surface area (Å²) in [5, 5.41) is 3.40. The lowest BCUT2D eigenvalue weighted by molar-refractivity contribution is 0.421. The Morgan fingerprint density at radius 1 is 1.12 bits per heavy atom. The topological polar surface area (TPSA) is 64.1 Å². The van der Waals surface area contributed by atoms with Crippen molar-refractivity contribution >= 4 is 0 Å². The van der Waals surface area contributed by atoms with Crippen LogP contribution in [0.5, 0.6) is 0 Å². The van der Waals surface area contributed by atoms with Gasteiger partial charge in [0.25, 0.3) is 0 Å². The van der Waals surface area contributed by atoms with Crippen LogP contribution in [-0.2, 0) is 0 Å². The zero-order valence-corrected chi connectivity index (χ0v) is 10.8. The number of hydrogen-bond acceptors (Lipinski definition) is 3. The van der Waals surface area contributed by atoms with Crippen LogP contribution >= 0.6 is 0 Å². The molecule has 2 unspecified atom stereocenters. The first-order valence-electron chi connectivity index (χ1n) is 6.27. The van der Waals surface area contributed by atoms with E-state index in [2.05, 4.69) is 36.5 Å². The van der Waals surface area contributed by atoms with Gasteiger partial charge in [0.1, 0.15) is 0 Å². The highest BCUT2D eigenvalue weighted by molar-refractivity contribution is 5.41. The van der Waals surface area contributed by atoms with Crippen molar-refractivity contribution in [1.82, 2.24) is 5.32 Å². The first-order valence-corrected chi connectivity index (χ1v) is 6.27. The van der Waals surface area contributed by atoms with E-state index in [1.807, 2.05) is 6.92 Å². The van der Waals surface area contributed by atoms with Crippen molar-refractivity contribution in [1.29, 1.82) is 0 Å². The molecular formula is C14H23N3. The van der Waals surface area contributed by atoms with Gasteiger partial charge in [-0.3, -0.25) is 0 Å². The number of nitrogens with two attached hydrogens (primary N) is 2. The van der Waals surface area contributed by atoms with E-state index in [0.29, 0.717) is 0 Å². The molecule has 3 heteroatoms. The summed E-state index contributed by atoms with van der Waals surface area (Å²) in [6.07, 6.45) is 10.4. The van der Waals surface area contributed by atoms with Gasteiger partial charge < -0.3 is 16.8 Å². The standard InChI is InChI=1S/C14H23N3/c1-13(15)6-3-11-5-8-17-10-14(2,16)9-12(11)4-7-13/h3-4,6-7,17H,5,8-10,15-16H2,1-2H3. The third-order valence-corrected chi connectivity index (χ3v) is 3.39. The van der Waals surface area contributed by atoms with Crippen molar-refractivity contribution in [3.63, 3.8) is 0 Å². The Morgan fingerprint density at radius 2 is 1.76 bits per heavy atom. The van der Waals surface area contributed by atoms with Crippen molar-refractivity contribution < 1.29 is 0 Å². The van der Waals surface area contributed by atoms with Gasteiger partial charge in [-0.1, -0.05) is 24.3 Å². The second kappa shape index (κ2) is 4.41. The highest BCUT2D eigenvalue weighted by atomic mass is 14.9. The maximum Gasteiger partial charge on any atom is 0.0502 e. The van der Waals surface area contributed by atoms with Gasteiger partial charge in [-0.15, -0.1) is 0 Å². The van der Waals surface area contributed by atoms with Crippen molar-refractivity contribution in [3.8, 4) is 0 Å². The van der Waals surface area contributed by atoms with E-state index in [1.165, 1.54) is 11.1 Å². The Balaban J connectivity index is 2.33. The van der Waals surface area contributed by atoms with Crippen LogP contribution in [0.2, 0.25) is 0 Å². The summed E-state index contributed by atoms with van der Waals surface area (Å²) >= 11 is 0. The normalized spacial score (nSPS) is 38.4. The minimum Gasteiger partial charge on any atom is -0.324 e. The Morgan fingerprint density at radius 3 is 2.47 bits per heavy atom. The SMILES string of the molecule is CC1(N)C=CC2=C(C=C1)CC(C)(N)CNCC2. The molecule has 1 heterocycles. The van der Waals surface area contributed by atoms with Gasteiger partial charge in [0, 0.05) is 12.1 Å². The monoisotopic (exact) mass is 233 g/mol. The fourth-order valence-corrected chi connectivity index (χ4v) is 2.34. The summed E-state index contributed by atoms with van der Waals surface area (Å²) < 4.78 is 0. The fraction of sp³-hybridized carbons (Fsp3) is 0.571. The lowest BCUT2D eigenvalue weighted by Crippen LogP contribution is -2.47. The van der Waals surface area contributed by atoms with Gasteiger partial charge in [0.15, 0.2) is 0 Å². The summed E-state index contributed by atoms with van der Waals surface area (Å²) in [7, 11) is 0. The molecule has 0 bridgehead atoms. The number of rotatable bonds is 0. The summed E-state index contributed by atoms with van der Waals surface area (Å²) in [4.78, 5) is 0. The molecule has 0 saturated heterocycles. The van der Waals surface area contributed by atoms with Crippen LogP contribution in [-0.4, -0.2) is 24.2 Å². The molecule has 0 saturated carbocycles. The Kier molecular flexibility index (Phi) is 3.25. The van der Waals surface area contributed by atoms with Crippen LogP contribution in [0.4, 0.5) is 0 Å².